The van der Waals surface area contributed by atoms with Crippen molar-refractivity contribution < 1.29 is 8.81 Å². The highest BCUT2D eigenvalue weighted by atomic mass is 28.3. The van der Waals surface area contributed by atoms with Crippen LogP contribution in [-0.2, 0) is 0 Å². The SMILES string of the molecule is FC(c1ccc2c(c1)N(c1ccccn1)c1ccc3oc4ccccc4c3c1[Si]2(c1ccccc1)c1ccccc1)c1ccc2c3ccccc3n3ccnc3c2c1. The fourth-order valence-electron chi connectivity index (χ4n) is 9.66. The lowest BCUT2D eigenvalue weighted by Gasteiger charge is -2.45. The van der Waals surface area contributed by atoms with Crippen LogP contribution in [0, 0.1) is 0 Å². The Balaban J connectivity index is 1.16. The number of anilines is 3. The van der Waals surface area contributed by atoms with Crippen molar-refractivity contribution in [3.05, 3.63) is 206 Å². The Bertz CT molecular complexity index is 3340. The topological polar surface area (TPSA) is 46.6 Å². The average Bonchev–Trinajstić information content (AvgIpc) is 3.95. The molecule has 4 aromatic heterocycles. The summed E-state index contributed by atoms with van der Waals surface area (Å²) in [6.45, 7) is 0. The number of imidazole rings is 1. The van der Waals surface area contributed by atoms with Gasteiger partial charge in [0.25, 0.3) is 0 Å². The van der Waals surface area contributed by atoms with Crippen molar-refractivity contribution in [3.63, 3.8) is 0 Å². The van der Waals surface area contributed by atoms with E-state index >= 15 is 4.39 Å². The number of halogens is 1. The van der Waals surface area contributed by atoms with E-state index < -0.39 is 14.2 Å². The predicted molar refractivity (Wildman–Crippen MR) is 237 cm³/mol. The van der Waals surface area contributed by atoms with Crippen LogP contribution in [0.15, 0.2) is 199 Å². The Labute approximate surface area is 333 Å². The van der Waals surface area contributed by atoms with Crippen LogP contribution in [0.25, 0.3) is 49.3 Å². The molecule has 5 heterocycles. The number of para-hydroxylation sites is 2. The normalized spacial score (nSPS) is 14.0. The minimum atomic E-state index is -3.18. The van der Waals surface area contributed by atoms with Crippen LogP contribution in [0.5, 0.6) is 0 Å². The molecule has 0 radical (unpaired) electrons. The second kappa shape index (κ2) is 12.6. The Hall–Kier alpha value is -7.35. The third-order valence-corrected chi connectivity index (χ3v) is 16.9. The Morgan fingerprint density at radius 2 is 1.24 bits per heavy atom. The van der Waals surface area contributed by atoms with Gasteiger partial charge in [-0.3, -0.25) is 9.30 Å². The molecular formula is C51H33FN4OSi. The van der Waals surface area contributed by atoms with Gasteiger partial charge in [-0.2, -0.15) is 0 Å². The van der Waals surface area contributed by atoms with Gasteiger partial charge in [0.2, 0.25) is 0 Å². The van der Waals surface area contributed by atoms with Crippen LogP contribution < -0.4 is 25.6 Å². The molecule has 58 heavy (non-hydrogen) atoms. The summed E-state index contributed by atoms with van der Waals surface area (Å²) in [5.41, 5.74) is 6.64. The lowest BCUT2D eigenvalue weighted by Crippen LogP contribution is -2.77. The van der Waals surface area contributed by atoms with Gasteiger partial charge in [-0.05, 0) is 85.8 Å². The monoisotopic (exact) mass is 764 g/mol. The van der Waals surface area contributed by atoms with Crippen LogP contribution in [-0.4, -0.2) is 22.4 Å². The van der Waals surface area contributed by atoms with E-state index in [2.05, 4.69) is 118 Å². The van der Waals surface area contributed by atoms with Gasteiger partial charge in [-0.15, -0.1) is 0 Å². The quantitative estimate of drug-likeness (QED) is 0.129. The molecule has 0 saturated carbocycles. The van der Waals surface area contributed by atoms with E-state index in [0.29, 0.717) is 11.1 Å². The van der Waals surface area contributed by atoms with Crippen molar-refractivity contribution in [3.8, 4) is 0 Å². The van der Waals surface area contributed by atoms with E-state index in [0.717, 1.165) is 71.6 Å². The van der Waals surface area contributed by atoms with E-state index in [1.807, 2.05) is 85.3 Å². The van der Waals surface area contributed by atoms with Crippen molar-refractivity contribution >= 4 is 95.3 Å². The number of benzene rings is 7. The third-order valence-electron chi connectivity index (χ3n) is 12.1. The largest absolute Gasteiger partial charge is 0.456 e. The summed E-state index contributed by atoms with van der Waals surface area (Å²) in [5.74, 6) is 0.757. The average molecular weight is 765 g/mol. The van der Waals surface area contributed by atoms with Crippen molar-refractivity contribution in [2.75, 3.05) is 4.90 Å². The lowest BCUT2D eigenvalue weighted by atomic mass is 9.97. The van der Waals surface area contributed by atoms with E-state index in [4.69, 9.17) is 14.4 Å². The maximum absolute atomic E-state index is 17.5. The number of hydrogen-bond donors (Lipinski definition) is 0. The standard InChI is InChI=1S/C51H33FN4OSi/c52-49(33-22-24-37-38-17-7-9-19-41(38)55-30-29-54-51(55)40(37)31-33)34-23-27-46-43(32-34)56(47-21-11-12-28-53-47)42-25-26-45-48(39-18-8-10-20-44(39)57-45)50(42)58(46,35-13-3-1-4-14-35)36-15-5-2-6-16-36/h1-32,49H. The van der Waals surface area contributed by atoms with Crippen LogP contribution in [0.3, 0.4) is 0 Å². The van der Waals surface area contributed by atoms with Crippen LogP contribution in [0.2, 0.25) is 0 Å². The van der Waals surface area contributed by atoms with E-state index in [1.54, 1.807) is 0 Å². The van der Waals surface area contributed by atoms with Crippen LogP contribution in [0.4, 0.5) is 21.6 Å². The number of aromatic nitrogens is 3. The van der Waals surface area contributed by atoms with Crippen molar-refractivity contribution in [1.82, 2.24) is 14.4 Å². The fraction of sp³-hybridized carbons (Fsp3) is 0.0196. The molecule has 7 heteroatoms. The first kappa shape index (κ1) is 32.8. The predicted octanol–water partition coefficient (Wildman–Crippen LogP) is 10.2. The molecule has 5 nitrogen and oxygen atoms in total. The van der Waals surface area contributed by atoms with E-state index in [1.165, 1.54) is 15.6 Å². The maximum atomic E-state index is 17.5. The molecule has 1 aliphatic rings. The van der Waals surface area contributed by atoms with Gasteiger partial charge in [-0.1, -0.05) is 127 Å². The molecule has 0 spiro atoms. The zero-order valence-electron chi connectivity index (χ0n) is 31.1. The van der Waals surface area contributed by atoms with Gasteiger partial charge < -0.3 is 4.42 Å². The number of alkyl halides is 1. The summed E-state index contributed by atoms with van der Waals surface area (Å²) in [4.78, 5) is 11.9. The minimum Gasteiger partial charge on any atom is -0.456 e. The zero-order chi connectivity index (χ0) is 38.4. The summed E-state index contributed by atoms with van der Waals surface area (Å²) in [5, 5.41) is 10.1. The fourth-order valence-corrected chi connectivity index (χ4v) is 15.0. The first-order chi connectivity index (χ1) is 28.7. The Morgan fingerprint density at radius 1 is 0.534 bits per heavy atom. The van der Waals surface area contributed by atoms with Gasteiger partial charge in [0, 0.05) is 51.5 Å². The summed E-state index contributed by atoms with van der Waals surface area (Å²) < 4.78 is 26.3. The Morgan fingerprint density at radius 3 is 2.03 bits per heavy atom. The van der Waals surface area contributed by atoms with Gasteiger partial charge >= 0.3 is 0 Å². The molecule has 12 rings (SSSR count). The number of hydrogen-bond acceptors (Lipinski definition) is 4. The second-order valence-electron chi connectivity index (χ2n) is 15.0. The second-order valence-corrected chi connectivity index (χ2v) is 18.7. The number of rotatable bonds is 5. The molecule has 274 valence electrons. The molecule has 1 unspecified atom stereocenters. The van der Waals surface area contributed by atoms with Crippen molar-refractivity contribution in [2.45, 2.75) is 6.17 Å². The highest BCUT2D eigenvalue weighted by Crippen LogP contribution is 2.43. The number of furan rings is 1. The van der Waals surface area contributed by atoms with Crippen molar-refractivity contribution in [2.24, 2.45) is 0 Å². The molecule has 11 aromatic rings. The first-order valence-corrected chi connectivity index (χ1v) is 21.5. The minimum absolute atomic E-state index is 0.571. The molecule has 0 saturated heterocycles. The summed E-state index contributed by atoms with van der Waals surface area (Å²) >= 11 is 0. The van der Waals surface area contributed by atoms with E-state index in [-0.39, 0.29) is 0 Å². The van der Waals surface area contributed by atoms with E-state index in [9.17, 15) is 0 Å². The lowest BCUT2D eigenvalue weighted by molar-refractivity contribution is 0.402. The molecule has 7 aromatic carbocycles. The van der Waals surface area contributed by atoms with Crippen LogP contribution in [0.1, 0.15) is 17.3 Å². The molecule has 1 atom stereocenters. The highest BCUT2D eigenvalue weighted by molar-refractivity contribution is 7.22. The molecular weight excluding hydrogens is 732 g/mol. The molecule has 1 aliphatic heterocycles. The smallest absolute Gasteiger partial charge is 0.185 e. The number of fused-ring (bicyclic) bond motifs is 12. The third kappa shape index (κ3) is 4.56. The van der Waals surface area contributed by atoms with Crippen LogP contribution >= 0.6 is 0 Å². The number of nitrogens with zero attached hydrogens (tertiary/aromatic N) is 4. The van der Waals surface area contributed by atoms with Gasteiger partial charge in [0.1, 0.15) is 22.6 Å². The summed E-state index contributed by atoms with van der Waals surface area (Å²) in [7, 11) is -3.18. The zero-order valence-corrected chi connectivity index (χ0v) is 32.1. The summed E-state index contributed by atoms with van der Waals surface area (Å²) in [6.07, 6.45) is 4.20. The van der Waals surface area contributed by atoms with Crippen molar-refractivity contribution in [1.29, 1.82) is 0 Å². The number of pyridine rings is 2. The highest BCUT2D eigenvalue weighted by Gasteiger charge is 2.51. The molecule has 0 fully saturated rings. The first-order valence-electron chi connectivity index (χ1n) is 19.5. The molecule has 0 bridgehead atoms. The molecule has 0 aliphatic carbocycles. The maximum Gasteiger partial charge on any atom is 0.185 e. The van der Waals surface area contributed by atoms with Gasteiger partial charge in [-0.25, -0.2) is 14.4 Å². The molecule has 0 amide bonds. The van der Waals surface area contributed by atoms with Gasteiger partial charge in [0.05, 0.1) is 5.52 Å². The van der Waals surface area contributed by atoms with Gasteiger partial charge in [0.15, 0.2) is 14.2 Å². The Kier molecular flexibility index (Phi) is 7.12. The molecule has 0 N–H and O–H groups in total. The summed E-state index contributed by atoms with van der Waals surface area (Å²) in [6, 6.07) is 60.9.